The van der Waals surface area contributed by atoms with Gasteiger partial charge in [0.1, 0.15) is 0 Å². The van der Waals surface area contributed by atoms with Gasteiger partial charge in [0.15, 0.2) is 0 Å². The van der Waals surface area contributed by atoms with Crippen LogP contribution in [0.15, 0.2) is 0 Å². The molecule has 0 rings (SSSR count). The molecule has 2 atom stereocenters. The van der Waals surface area contributed by atoms with Crippen LogP contribution in [0.25, 0.3) is 0 Å². The molecule has 0 heterocycles. The summed E-state index contributed by atoms with van der Waals surface area (Å²) in [4.78, 5) is 2.14. The maximum atomic E-state index is 12.2. The SMILES string of the molecule is CC(C)CC(C)N(C)C(C)(CN)CCCC(F)(F)F. The molecule has 0 radical (unpaired) electrons. The normalized spacial score (nSPS) is 17.8. The largest absolute Gasteiger partial charge is 0.389 e. The molecule has 0 bridgehead atoms. The van der Waals surface area contributed by atoms with E-state index in [1.165, 1.54) is 0 Å². The first-order chi connectivity index (χ1) is 8.52. The summed E-state index contributed by atoms with van der Waals surface area (Å²) in [6.45, 7) is 8.74. The van der Waals surface area contributed by atoms with E-state index in [2.05, 4.69) is 25.7 Å². The molecule has 0 fully saturated rings. The molecule has 0 amide bonds. The van der Waals surface area contributed by atoms with Gasteiger partial charge in [-0.3, -0.25) is 4.90 Å². The molecule has 0 aliphatic heterocycles. The minimum Gasteiger partial charge on any atom is -0.329 e. The van der Waals surface area contributed by atoms with E-state index in [9.17, 15) is 13.2 Å². The molecule has 5 heteroatoms. The van der Waals surface area contributed by atoms with Gasteiger partial charge in [0.05, 0.1) is 0 Å². The molecule has 0 aromatic rings. The summed E-state index contributed by atoms with van der Waals surface area (Å²) in [5, 5.41) is 0. The van der Waals surface area contributed by atoms with Crippen molar-refractivity contribution in [3.8, 4) is 0 Å². The van der Waals surface area contributed by atoms with E-state index < -0.39 is 12.6 Å². The van der Waals surface area contributed by atoms with Crippen molar-refractivity contribution in [2.75, 3.05) is 13.6 Å². The third-order valence-electron chi connectivity index (χ3n) is 3.94. The van der Waals surface area contributed by atoms with Crippen molar-refractivity contribution in [2.24, 2.45) is 11.7 Å². The Kier molecular flexibility index (Phi) is 7.37. The molecule has 0 saturated heterocycles. The molecular weight excluding hydrogens is 253 g/mol. The molecule has 0 aromatic heterocycles. The fourth-order valence-corrected chi connectivity index (χ4v) is 2.46. The zero-order chi connectivity index (χ0) is 15.3. The van der Waals surface area contributed by atoms with Crippen LogP contribution < -0.4 is 5.73 Å². The average molecular weight is 282 g/mol. The lowest BCUT2D eigenvalue weighted by molar-refractivity contribution is -0.137. The highest BCUT2D eigenvalue weighted by Gasteiger charge is 2.33. The first-order valence-electron chi connectivity index (χ1n) is 7.01. The van der Waals surface area contributed by atoms with Crippen LogP contribution in [0.4, 0.5) is 13.2 Å². The number of rotatable bonds is 8. The average Bonchev–Trinajstić information content (AvgIpc) is 2.25. The van der Waals surface area contributed by atoms with E-state index in [4.69, 9.17) is 5.73 Å². The molecule has 19 heavy (non-hydrogen) atoms. The lowest BCUT2D eigenvalue weighted by atomic mass is 9.90. The van der Waals surface area contributed by atoms with E-state index in [1.54, 1.807) is 0 Å². The summed E-state index contributed by atoms with van der Waals surface area (Å²) in [7, 11) is 1.97. The van der Waals surface area contributed by atoms with Crippen LogP contribution in [0.1, 0.15) is 53.4 Å². The second kappa shape index (κ2) is 7.48. The number of hydrogen-bond acceptors (Lipinski definition) is 2. The standard InChI is InChI=1S/C14H29F3N2/c1-11(2)9-12(3)19(5)13(4,10-18)7-6-8-14(15,16)17/h11-12H,6-10,18H2,1-5H3. The summed E-state index contributed by atoms with van der Waals surface area (Å²) in [5.41, 5.74) is 5.44. The van der Waals surface area contributed by atoms with Crippen LogP contribution in [0.5, 0.6) is 0 Å². The molecule has 0 aromatic carbocycles. The highest BCUT2D eigenvalue weighted by molar-refractivity contribution is 4.88. The summed E-state index contributed by atoms with van der Waals surface area (Å²) in [5.74, 6) is 0.564. The first kappa shape index (κ1) is 18.7. The lowest BCUT2D eigenvalue weighted by Crippen LogP contribution is -2.53. The van der Waals surface area contributed by atoms with Crippen molar-refractivity contribution in [1.29, 1.82) is 0 Å². The van der Waals surface area contributed by atoms with Gasteiger partial charge in [0.25, 0.3) is 0 Å². The van der Waals surface area contributed by atoms with Crippen molar-refractivity contribution >= 4 is 0 Å². The van der Waals surface area contributed by atoms with E-state index >= 15 is 0 Å². The van der Waals surface area contributed by atoms with Gasteiger partial charge in [-0.25, -0.2) is 0 Å². The van der Waals surface area contributed by atoms with Crippen LogP contribution in [0.2, 0.25) is 0 Å². The minimum atomic E-state index is -4.07. The Bertz CT molecular complexity index is 254. The maximum absolute atomic E-state index is 12.2. The molecule has 2 unspecified atom stereocenters. The smallest absolute Gasteiger partial charge is 0.329 e. The summed E-state index contributed by atoms with van der Waals surface area (Å²) >= 11 is 0. The van der Waals surface area contributed by atoms with Crippen LogP contribution in [-0.4, -0.2) is 36.2 Å². The lowest BCUT2D eigenvalue weighted by Gasteiger charge is -2.42. The molecule has 0 aliphatic carbocycles. The summed E-state index contributed by atoms with van der Waals surface area (Å²) in [6.07, 6.45) is -3.17. The number of nitrogens with two attached hydrogens (primary N) is 1. The Labute approximate surface area is 115 Å². The van der Waals surface area contributed by atoms with E-state index in [0.717, 1.165) is 6.42 Å². The molecule has 0 spiro atoms. The summed E-state index contributed by atoms with van der Waals surface area (Å²) in [6, 6.07) is 0.319. The number of likely N-dealkylation sites (N-methyl/N-ethyl adjacent to an activating group) is 1. The highest BCUT2D eigenvalue weighted by atomic mass is 19.4. The molecular formula is C14H29F3N2. The Morgan fingerprint density at radius 1 is 1.11 bits per heavy atom. The van der Waals surface area contributed by atoms with E-state index in [-0.39, 0.29) is 12.0 Å². The number of nitrogens with zero attached hydrogens (tertiary/aromatic N) is 1. The van der Waals surface area contributed by atoms with Crippen molar-refractivity contribution in [3.05, 3.63) is 0 Å². The topological polar surface area (TPSA) is 29.3 Å². The van der Waals surface area contributed by atoms with Gasteiger partial charge in [0, 0.05) is 24.5 Å². The van der Waals surface area contributed by atoms with Crippen molar-refractivity contribution in [3.63, 3.8) is 0 Å². The Hall–Kier alpha value is -0.290. The van der Waals surface area contributed by atoms with Crippen LogP contribution >= 0.6 is 0 Å². The highest BCUT2D eigenvalue weighted by Crippen LogP contribution is 2.28. The fourth-order valence-electron chi connectivity index (χ4n) is 2.46. The summed E-state index contributed by atoms with van der Waals surface area (Å²) < 4.78 is 36.7. The molecule has 2 nitrogen and oxygen atoms in total. The quantitative estimate of drug-likeness (QED) is 0.733. The minimum absolute atomic E-state index is 0.135. The first-order valence-corrected chi connectivity index (χ1v) is 7.01. The zero-order valence-electron chi connectivity index (χ0n) is 12.8. The Morgan fingerprint density at radius 3 is 2.00 bits per heavy atom. The van der Waals surface area contributed by atoms with Gasteiger partial charge in [-0.05, 0) is 46.1 Å². The Balaban J connectivity index is 4.49. The van der Waals surface area contributed by atoms with Crippen LogP contribution in [0, 0.1) is 5.92 Å². The maximum Gasteiger partial charge on any atom is 0.389 e. The molecule has 2 N–H and O–H groups in total. The van der Waals surface area contributed by atoms with Gasteiger partial charge >= 0.3 is 6.18 Å². The van der Waals surface area contributed by atoms with Gasteiger partial charge in [-0.15, -0.1) is 0 Å². The fraction of sp³-hybridized carbons (Fsp3) is 1.00. The van der Waals surface area contributed by atoms with Gasteiger partial charge < -0.3 is 5.73 Å². The molecule has 116 valence electrons. The third kappa shape index (κ3) is 7.16. The Morgan fingerprint density at radius 2 is 1.63 bits per heavy atom. The predicted octanol–water partition coefficient (Wildman–Crippen LogP) is 3.80. The second-order valence-corrected chi connectivity index (χ2v) is 6.26. The number of halogens is 3. The van der Waals surface area contributed by atoms with E-state index in [1.807, 2.05) is 14.0 Å². The molecule has 0 aliphatic rings. The van der Waals surface area contributed by atoms with Gasteiger partial charge in [-0.1, -0.05) is 13.8 Å². The zero-order valence-corrected chi connectivity index (χ0v) is 12.8. The molecule has 0 saturated carbocycles. The monoisotopic (exact) mass is 282 g/mol. The second-order valence-electron chi connectivity index (χ2n) is 6.26. The van der Waals surface area contributed by atoms with Crippen molar-refractivity contribution < 1.29 is 13.2 Å². The van der Waals surface area contributed by atoms with Crippen LogP contribution in [0.3, 0.4) is 0 Å². The number of alkyl halides is 3. The van der Waals surface area contributed by atoms with E-state index in [0.29, 0.717) is 24.9 Å². The van der Waals surface area contributed by atoms with Gasteiger partial charge in [0.2, 0.25) is 0 Å². The van der Waals surface area contributed by atoms with Gasteiger partial charge in [-0.2, -0.15) is 13.2 Å². The number of hydrogen-bond donors (Lipinski definition) is 1. The third-order valence-corrected chi connectivity index (χ3v) is 3.94. The predicted molar refractivity (Wildman–Crippen MR) is 74.0 cm³/mol. The van der Waals surface area contributed by atoms with Crippen molar-refractivity contribution in [1.82, 2.24) is 4.90 Å². The van der Waals surface area contributed by atoms with Crippen molar-refractivity contribution in [2.45, 2.75) is 71.1 Å². The van der Waals surface area contributed by atoms with Crippen LogP contribution in [-0.2, 0) is 0 Å².